The normalized spacial score (nSPS) is 15.6. The van der Waals surface area contributed by atoms with E-state index in [9.17, 15) is 0 Å². The van der Waals surface area contributed by atoms with Crippen LogP contribution in [0.5, 0.6) is 0 Å². The predicted octanol–water partition coefficient (Wildman–Crippen LogP) is 2.67. The SMILES string of the molecule is CN(CC1CC1)c1cccc(CCl)n1. The molecule has 2 rings (SSSR count). The van der Waals surface area contributed by atoms with Gasteiger partial charge in [0.25, 0.3) is 0 Å². The van der Waals surface area contributed by atoms with Crippen LogP contribution in [0.3, 0.4) is 0 Å². The zero-order valence-electron chi connectivity index (χ0n) is 8.41. The van der Waals surface area contributed by atoms with Crippen LogP contribution in [0.4, 0.5) is 5.82 Å². The van der Waals surface area contributed by atoms with Crippen LogP contribution in [-0.2, 0) is 5.88 Å². The van der Waals surface area contributed by atoms with Crippen molar-refractivity contribution in [2.45, 2.75) is 18.7 Å². The molecule has 1 saturated carbocycles. The molecule has 0 atom stereocenters. The Morgan fingerprint density at radius 3 is 2.93 bits per heavy atom. The quantitative estimate of drug-likeness (QED) is 0.711. The minimum Gasteiger partial charge on any atom is -0.359 e. The lowest BCUT2D eigenvalue weighted by atomic mass is 10.3. The summed E-state index contributed by atoms with van der Waals surface area (Å²) in [5.74, 6) is 2.42. The molecule has 76 valence electrons. The molecule has 1 heterocycles. The van der Waals surface area contributed by atoms with Gasteiger partial charge in [0, 0.05) is 13.6 Å². The molecule has 1 aromatic heterocycles. The average Bonchev–Trinajstić information content (AvgIpc) is 3.02. The monoisotopic (exact) mass is 210 g/mol. The number of hydrogen-bond acceptors (Lipinski definition) is 2. The molecule has 0 spiro atoms. The van der Waals surface area contributed by atoms with Crippen LogP contribution in [0, 0.1) is 5.92 Å². The summed E-state index contributed by atoms with van der Waals surface area (Å²) in [6.07, 6.45) is 2.75. The van der Waals surface area contributed by atoms with Gasteiger partial charge in [-0.2, -0.15) is 0 Å². The zero-order chi connectivity index (χ0) is 9.97. The molecule has 3 heteroatoms. The Morgan fingerprint density at radius 2 is 2.29 bits per heavy atom. The third-order valence-electron chi connectivity index (χ3n) is 2.55. The van der Waals surface area contributed by atoms with Crippen molar-refractivity contribution in [1.29, 1.82) is 0 Å². The van der Waals surface area contributed by atoms with Crippen LogP contribution < -0.4 is 4.90 Å². The number of hydrogen-bond donors (Lipinski definition) is 0. The van der Waals surface area contributed by atoms with Gasteiger partial charge in [-0.3, -0.25) is 0 Å². The second-order valence-electron chi connectivity index (χ2n) is 3.94. The summed E-state index contributed by atoms with van der Waals surface area (Å²) in [6.45, 7) is 1.12. The molecule has 2 nitrogen and oxygen atoms in total. The molecule has 0 N–H and O–H groups in total. The Bertz CT molecular complexity index is 310. The first-order chi connectivity index (χ1) is 6.79. The first-order valence-electron chi connectivity index (χ1n) is 5.02. The van der Waals surface area contributed by atoms with E-state index in [1.807, 2.05) is 18.2 Å². The van der Waals surface area contributed by atoms with Crippen molar-refractivity contribution in [3.05, 3.63) is 23.9 Å². The highest BCUT2D eigenvalue weighted by molar-refractivity contribution is 6.16. The molecule has 1 fully saturated rings. The van der Waals surface area contributed by atoms with Crippen LogP contribution in [0.2, 0.25) is 0 Å². The van der Waals surface area contributed by atoms with Crippen molar-refractivity contribution < 1.29 is 0 Å². The number of nitrogens with zero attached hydrogens (tertiary/aromatic N) is 2. The summed E-state index contributed by atoms with van der Waals surface area (Å²) >= 11 is 5.74. The van der Waals surface area contributed by atoms with Gasteiger partial charge in [-0.25, -0.2) is 4.98 Å². The fourth-order valence-corrected chi connectivity index (χ4v) is 1.68. The fraction of sp³-hybridized carbons (Fsp3) is 0.545. The Balaban J connectivity index is 2.05. The molecule has 0 aliphatic heterocycles. The summed E-state index contributed by atoms with van der Waals surface area (Å²) in [7, 11) is 2.10. The molecule has 14 heavy (non-hydrogen) atoms. The van der Waals surface area contributed by atoms with E-state index in [-0.39, 0.29) is 0 Å². The highest BCUT2D eigenvalue weighted by atomic mass is 35.5. The maximum atomic E-state index is 5.74. The van der Waals surface area contributed by atoms with Crippen LogP contribution in [0.1, 0.15) is 18.5 Å². The van der Waals surface area contributed by atoms with Gasteiger partial charge in [0.2, 0.25) is 0 Å². The number of aromatic nitrogens is 1. The molecule has 1 aromatic rings. The van der Waals surface area contributed by atoms with Crippen molar-refractivity contribution in [3.8, 4) is 0 Å². The molecule has 0 bridgehead atoms. The van der Waals surface area contributed by atoms with E-state index in [1.54, 1.807) is 0 Å². The van der Waals surface area contributed by atoms with Gasteiger partial charge in [-0.15, -0.1) is 11.6 Å². The van der Waals surface area contributed by atoms with Crippen LogP contribution in [0.25, 0.3) is 0 Å². The summed E-state index contributed by atoms with van der Waals surface area (Å²) < 4.78 is 0. The summed E-state index contributed by atoms with van der Waals surface area (Å²) in [5, 5.41) is 0. The Kier molecular flexibility index (Phi) is 2.92. The van der Waals surface area contributed by atoms with Crippen molar-refractivity contribution in [2.75, 3.05) is 18.5 Å². The van der Waals surface area contributed by atoms with Crippen molar-refractivity contribution in [1.82, 2.24) is 4.98 Å². The molecule has 0 amide bonds. The first kappa shape index (κ1) is 9.78. The molecular weight excluding hydrogens is 196 g/mol. The molecule has 0 unspecified atom stereocenters. The minimum atomic E-state index is 0.491. The lowest BCUT2D eigenvalue weighted by Gasteiger charge is -2.18. The van der Waals surface area contributed by atoms with Gasteiger partial charge >= 0.3 is 0 Å². The zero-order valence-corrected chi connectivity index (χ0v) is 9.17. The van der Waals surface area contributed by atoms with Gasteiger partial charge in [0.05, 0.1) is 11.6 Å². The minimum absolute atomic E-state index is 0.491. The number of pyridine rings is 1. The van der Waals surface area contributed by atoms with E-state index in [0.717, 1.165) is 24.0 Å². The second-order valence-corrected chi connectivity index (χ2v) is 4.21. The standard InChI is InChI=1S/C11H15ClN2/c1-14(8-9-5-6-9)11-4-2-3-10(7-12)13-11/h2-4,9H,5-8H2,1H3. The predicted molar refractivity (Wildman–Crippen MR) is 59.8 cm³/mol. The highest BCUT2D eigenvalue weighted by Crippen LogP contribution is 2.30. The topological polar surface area (TPSA) is 16.1 Å². The van der Waals surface area contributed by atoms with Gasteiger partial charge in [0.15, 0.2) is 0 Å². The number of alkyl halides is 1. The first-order valence-corrected chi connectivity index (χ1v) is 5.56. The van der Waals surface area contributed by atoms with Crippen LogP contribution in [-0.4, -0.2) is 18.6 Å². The average molecular weight is 211 g/mol. The number of halogens is 1. The second kappa shape index (κ2) is 4.18. The highest BCUT2D eigenvalue weighted by Gasteiger charge is 2.23. The van der Waals surface area contributed by atoms with Gasteiger partial charge in [-0.05, 0) is 30.9 Å². The Morgan fingerprint density at radius 1 is 1.50 bits per heavy atom. The van der Waals surface area contributed by atoms with E-state index in [4.69, 9.17) is 11.6 Å². The molecule has 0 radical (unpaired) electrons. The number of anilines is 1. The maximum absolute atomic E-state index is 5.74. The number of rotatable bonds is 4. The van der Waals surface area contributed by atoms with Gasteiger partial charge in [-0.1, -0.05) is 6.07 Å². The largest absolute Gasteiger partial charge is 0.359 e. The van der Waals surface area contributed by atoms with Crippen LogP contribution in [0.15, 0.2) is 18.2 Å². The smallest absolute Gasteiger partial charge is 0.128 e. The van der Waals surface area contributed by atoms with Crippen molar-refractivity contribution in [2.24, 2.45) is 5.92 Å². The van der Waals surface area contributed by atoms with Crippen LogP contribution >= 0.6 is 11.6 Å². The summed E-state index contributed by atoms with van der Waals surface area (Å²) in [4.78, 5) is 6.68. The van der Waals surface area contributed by atoms with E-state index < -0.39 is 0 Å². The summed E-state index contributed by atoms with van der Waals surface area (Å²) in [5.41, 5.74) is 0.951. The lowest BCUT2D eigenvalue weighted by molar-refractivity contribution is 0.775. The van der Waals surface area contributed by atoms with E-state index in [2.05, 4.69) is 16.9 Å². The van der Waals surface area contributed by atoms with Gasteiger partial charge < -0.3 is 4.90 Å². The molecular formula is C11H15ClN2. The van der Waals surface area contributed by atoms with Crippen molar-refractivity contribution >= 4 is 17.4 Å². The summed E-state index contributed by atoms with van der Waals surface area (Å²) in [6, 6.07) is 6.02. The molecule has 1 aliphatic rings. The lowest BCUT2D eigenvalue weighted by Crippen LogP contribution is -2.21. The molecule has 0 saturated heterocycles. The Hall–Kier alpha value is -0.760. The maximum Gasteiger partial charge on any atom is 0.128 e. The third-order valence-corrected chi connectivity index (χ3v) is 2.82. The third kappa shape index (κ3) is 2.38. The molecule has 1 aliphatic carbocycles. The van der Waals surface area contributed by atoms with Crippen molar-refractivity contribution in [3.63, 3.8) is 0 Å². The fourth-order valence-electron chi connectivity index (χ4n) is 1.54. The van der Waals surface area contributed by atoms with Gasteiger partial charge in [0.1, 0.15) is 5.82 Å². The van der Waals surface area contributed by atoms with E-state index >= 15 is 0 Å². The van der Waals surface area contributed by atoms with E-state index in [0.29, 0.717) is 5.88 Å². The molecule has 0 aromatic carbocycles. The van der Waals surface area contributed by atoms with E-state index in [1.165, 1.54) is 12.8 Å². The Labute approximate surface area is 89.9 Å².